The minimum atomic E-state index is -0.963. The molecule has 0 fully saturated rings. The Labute approximate surface area is 169 Å². The zero-order valence-electron chi connectivity index (χ0n) is 17.0. The molecule has 0 radical (unpaired) electrons. The molecule has 1 atom stereocenters. The summed E-state index contributed by atoms with van der Waals surface area (Å²) in [7, 11) is 1.29. The number of aromatic nitrogens is 1. The van der Waals surface area contributed by atoms with E-state index in [9.17, 15) is 14.4 Å². The molecule has 150 valence electrons. The fraction of sp³-hybridized carbons (Fsp3) is 0.381. The van der Waals surface area contributed by atoms with Crippen molar-refractivity contribution in [3.63, 3.8) is 0 Å². The summed E-state index contributed by atoms with van der Waals surface area (Å²) in [6.07, 6.45) is -0.963. The van der Waals surface area contributed by atoms with Crippen molar-refractivity contribution < 1.29 is 23.9 Å². The average Bonchev–Trinajstić information content (AvgIpc) is 2.93. The van der Waals surface area contributed by atoms with E-state index in [1.165, 1.54) is 25.8 Å². The van der Waals surface area contributed by atoms with Crippen LogP contribution in [0.5, 0.6) is 0 Å². The van der Waals surface area contributed by atoms with Gasteiger partial charge in [0.15, 0.2) is 6.10 Å². The van der Waals surface area contributed by atoms with Gasteiger partial charge in [-0.25, -0.2) is 4.79 Å². The van der Waals surface area contributed by atoms with Gasteiger partial charge in [-0.15, -0.1) is 11.8 Å². The number of methoxy groups -OCH3 is 1. The normalized spacial score (nSPS) is 11.8. The van der Waals surface area contributed by atoms with E-state index in [1.807, 2.05) is 26.0 Å². The van der Waals surface area contributed by atoms with Crippen molar-refractivity contribution in [3.05, 3.63) is 51.8 Å². The highest BCUT2D eigenvalue weighted by Crippen LogP contribution is 2.24. The number of H-pyrrole nitrogens is 1. The molecule has 0 unspecified atom stereocenters. The van der Waals surface area contributed by atoms with Crippen LogP contribution in [-0.4, -0.2) is 41.7 Å². The maximum atomic E-state index is 12.7. The first-order chi connectivity index (χ1) is 13.1. The Balaban J connectivity index is 2.02. The van der Waals surface area contributed by atoms with Crippen LogP contribution in [0.2, 0.25) is 0 Å². The average molecular weight is 404 g/mol. The van der Waals surface area contributed by atoms with E-state index < -0.39 is 18.0 Å². The summed E-state index contributed by atoms with van der Waals surface area (Å²) in [6, 6.07) is 6.01. The molecule has 6 nitrogen and oxygen atoms in total. The number of aromatic amines is 1. The van der Waals surface area contributed by atoms with Gasteiger partial charge in [-0.3, -0.25) is 9.59 Å². The van der Waals surface area contributed by atoms with E-state index in [2.05, 4.69) is 11.1 Å². The molecule has 0 aliphatic heterocycles. The molecule has 0 saturated carbocycles. The van der Waals surface area contributed by atoms with Crippen molar-refractivity contribution in [3.8, 4) is 0 Å². The second-order valence-corrected chi connectivity index (χ2v) is 7.69. The zero-order chi connectivity index (χ0) is 21.0. The fourth-order valence-corrected chi connectivity index (χ4v) is 3.78. The second kappa shape index (κ2) is 9.10. The number of nitrogens with one attached hydrogen (secondary N) is 1. The number of carbonyl (C=O) groups excluding carboxylic acids is 3. The molecular weight excluding hydrogens is 378 g/mol. The van der Waals surface area contributed by atoms with Crippen molar-refractivity contribution in [2.75, 3.05) is 12.9 Å². The van der Waals surface area contributed by atoms with Crippen LogP contribution < -0.4 is 0 Å². The highest BCUT2D eigenvalue weighted by atomic mass is 32.2. The molecule has 0 saturated heterocycles. The molecule has 0 amide bonds. The van der Waals surface area contributed by atoms with Crippen LogP contribution >= 0.6 is 11.8 Å². The molecule has 0 bridgehead atoms. The molecule has 0 aliphatic rings. The number of rotatable bonds is 7. The number of ketones is 1. The number of carbonyl (C=O) groups is 3. The molecule has 28 heavy (non-hydrogen) atoms. The Morgan fingerprint density at radius 1 is 1.14 bits per heavy atom. The van der Waals surface area contributed by atoms with Crippen LogP contribution in [0.3, 0.4) is 0 Å². The van der Waals surface area contributed by atoms with Crippen molar-refractivity contribution in [2.45, 2.75) is 45.6 Å². The number of hydrogen-bond acceptors (Lipinski definition) is 6. The lowest BCUT2D eigenvalue weighted by Crippen LogP contribution is -2.26. The van der Waals surface area contributed by atoms with Gasteiger partial charge < -0.3 is 14.5 Å². The number of hydrogen-bond donors (Lipinski definition) is 1. The molecule has 0 aliphatic carbocycles. The van der Waals surface area contributed by atoms with Gasteiger partial charge in [0.25, 0.3) is 0 Å². The number of benzene rings is 1. The molecular formula is C21H25NO5S. The third-order valence-electron chi connectivity index (χ3n) is 4.43. The predicted octanol–water partition coefficient (Wildman–Crippen LogP) is 3.94. The van der Waals surface area contributed by atoms with E-state index in [-0.39, 0.29) is 17.2 Å². The monoisotopic (exact) mass is 403 g/mol. The lowest BCUT2D eigenvalue weighted by Gasteiger charge is -2.12. The van der Waals surface area contributed by atoms with Crippen molar-refractivity contribution in [1.82, 2.24) is 4.98 Å². The Morgan fingerprint density at radius 2 is 1.82 bits per heavy atom. The first kappa shape index (κ1) is 21.8. The van der Waals surface area contributed by atoms with Crippen LogP contribution in [-0.2, 0) is 14.3 Å². The van der Waals surface area contributed by atoms with E-state index in [0.717, 1.165) is 16.0 Å². The minimum absolute atomic E-state index is 0.109. The second-order valence-electron chi connectivity index (χ2n) is 6.67. The van der Waals surface area contributed by atoms with Gasteiger partial charge in [-0.1, -0.05) is 17.7 Å². The van der Waals surface area contributed by atoms with Gasteiger partial charge in [-0.05, 0) is 51.8 Å². The van der Waals surface area contributed by atoms with Gasteiger partial charge in [-0.2, -0.15) is 0 Å². The summed E-state index contributed by atoms with van der Waals surface area (Å²) in [5, 5.41) is 0. The summed E-state index contributed by atoms with van der Waals surface area (Å²) < 4.78 is 10.0. The Hall–Kier alpha value is -2.54. The Morgan fingerprint density at radius 3 is 2.43 bits per heavy atom. The van der Waals surface area contributed by atoms with E-state index in [4.69, 9.17) is 9.47 Å². The number of Topliss-reactive ketones (excluding diaryl/α,β-unsaturated/α-hetero) is 1. The highest BCUT2D eigenvalue weighted by Gasteiger charge is 2.27. The standard InChI is InChI=1S/C21H25NO5S/c1-11-7-8-16(12(2)9-11)28-10-17(23)27-15(5)20(24)19-13(3)18(14(4)22-19)21(25)26-6/h7-9,15,22H,10H2,1-6H3/t15-/m0/s1. The van der Waals surface area contributed by atoms with E-state index in [0.29, 0.717) is 16.8 Å². The maximum Gasteiger partial charge on any atom is 0.339 e. The molecule has 1 N–H and O–H groups in total. The Bertz CT molecular complexity index is 916. The van der Waals surface area contributed by atoms with Gasteiger partial charge in [0.1, 0.15) is 0 Å². The van der Waals surface area contributed by atoms with Crippen molar-refractivity contribution >= 4 is 29.5 Å². The summed E-state index contributed by atoms with van der Waals surface area (Å²) in [5.41, 5.74) is 3.86. The largest absolute Gasteiger partial charge is 0.465 e. The molecule has 7 heteroatoms. The SMILES string of the molecule is COC(=O)c1c(C)[nH]c(C(=O)[C@H](C)OC(=O)CSc2ccc(C)cc2C)c1C. The third-order valence-corrected chi connectivity index (χ3v) is 5.58. The zero-order valence-corrected chi connectivity index (χ0v) is 17.8. The first-order valence-electron chi connectivity index (χ1n) is 8.86. The topological polar surface area (TPSA) is 85.5 Å². The van der Waals surface area contributed by atoms with Crippen LogP contribution in [0.4, 0.5) is 0 Å². The molecule has 2 aromatic rings. The van der Waals surface area contributed by atoms with Gasteiger partial charge in [0.05, 0.1) is 24.1 Å². The van der Waals surface area contributed by atoms with Crippen LogP contribution in [0, 0.1) is 27.7 Å². The lowest BCUT2D eigenvalue weighted by atomic mass is 10.1. The summed E-state index contributed by atoms with van der Waals surface area (Å²) in [5.74, 6) is -1.27. The first-order valence-corrected chi connectivity index (χ1v) is 9.85. The summed E-state index contributed by atoms with van der Waals surface area (Å²) in [4.78, 5) is 40.6. The molecule has 0 spiro atoms. The van der Waals surface area contributed by atoms with Gasteiger partial charge in [0, 0.05) is 10.6 Å². The van der Waals surface area contributed by atoms with Crippen LogP contribution in [0.15, 0.2) is 23.1 Å². The summed E-state index contributed by atoms with van der Waals surface area (Å²) in [6.45, 7) is 8.87. The molecule has 1 aromatic carbocycles. The van der Waals surface area contributed by atoms with Crippen molar-refractivity contribution in [1.29, 1.82) is 0 Å². The van der Waals surface area contributed by atoms with Crippen molar-refractivity contribution in [2.24, 2.45) is 0 Å². The Kier molecular flexibility index (Phi) is 7.07. The smallest absolute Gasteiger partial charge is 0.339 e. The minimum Gasteiger partial charge on any atom is -0.465 e. The van der Waals surface area contributed by atoms with Gasteiger partial charge in [0.2, 0.25) is 5.78 Å². The maximum absolute atomic E-state index is 12.7. The van der Waals surface area contributed by atoms with E-state index in [1.54, 1.807) is 13.8 Å². The van der Waals surface area contributed by atoms with E-state index >= 15 is 0 Å². The fourth-order valence-electron chi connectivity index (χ4n) is 2.99. The van der Waals surface area contributed by atoms with Gasteiger partial charge >= 0.3 is 11.9 Å². The quantitative estimate of drug-likeness (QED) is 0.428. The number of thioether (sulfide) groups is 1. The number of aryl methyl sites for hydroxylation is 3. The summed E-state index contributed by atoms with van der Waals surface area (Å²) >= 11 is 1.38. The van der Waals surface area contributed by atoms with Crippen LogP contribution in [0.25, 0.3) is 0 Å². The third kappa shape index (κ3) is 4.84. The highest BCUT2D eigenvalue weighted by molar-refractivity contribution is 8.00. The molecule has 2 rings (SSSR count). The number of ether oxygens (including phenoxy) is 2. The predicted molar refractivity (Wildman–Crippen MR) is 108 cm³/mol. The molecule has 1 heterocycles. The molecule has 1 aromatic heterocycles. The number of esters is 2. The lowest BCUT2D eigenvalue weighted by molar-refractivity contribution is -0.143. The van der Waals surface area contributed by atoms with Crippen LogP contribution in [0.1, 0.15) is 50.2 Å².